The summed E-state index contributed by atoms with van der Waals surface area (Å²) < 4.78 is 11.1. The van der Waals surface area contributed by atoms with Crippen molar-refractivity contribution in [2.75, 3.05) is 13.2 Å². The van der Waals surface area contributed by atoms with Crippen molar-refractivity contribution >= 4 is 11.9 Å². The van der Waals surface area contributed by atoms with Crippen LogP contribution in [0, 0.1) is 0 Å². The number of benzene rings is 1. The smallest absolute Gasteiger partial charge is 0.328 e. The Hall–Kier alpha value is -2.58. The molecular formula is C13H16N2O6. The molecule has 0 aliphatic carbocycles. The second kappa shape index (κ2) is 8.56. The fourth-order valence-electron chi connectivity index (χ4n) is 1.44. The van der Waals surface area contributed by atoms with Gasteiger partial charge >= 0.3 is 11.9 Å². The Morgan fingerprint density at radius 3 is 2.33 bits per heavy atom. The van der Waals surface area contributed by atoms with Gasteiger partial charge in [-0.1, -0.05) is 12.1 Å². The average molecular weight is 296 g/mol. The molecular weight excluding hydrogens is 280 g/mol. The van der Waals surface area contributed by atoms with E-state index in [-0.39, 0.29) is 6.10 Å². The van der Waals surface area contributed by atoms with Crippen LogP contribution in [0.15, 0.2) is 36.4 Å². The molecule has 5 N–H and O–H groups in total. The Kier molecular flexibility index (Phi) is 6.72. The minimum Gasteiger partial charge on any atom is -0.486 e. The van der Waals surface area contributed by atoms with Gasteiger partial charge in [0.1, 0.15) is 12.7 Å². The van der Waals surface area contributed by atoms with Gasteiger partial charge in [-0.25, -0.2) is 9.59 Å². The lowest BCUT2D eigenvalue weighted by atomic mass is 10.2. The SMILES string of the molecule is NNCC1COc2ccccc2O1.O=C(O)/C=C/C(=O)O. The number of carboxylic acid groups (broad SMARTS) is 2. The molecule has 1 unspecified atom stereocenters. The summed E-state index contributed by atoms with van der Waals surface area (Å²) in [6.45, 7) is 1.13. The predicted molar refractivity (Wildman–Crippen MR) is 73.0 cm³/mol. The first-order valence-electron chi connectivity index (χ1n) is 5.98. The van der Waals surface area contributed by atoms with Gasteiger partial charge in [0, 0.05) is 12.2 Å². The molecule has 0 bridgehead atoms. The summed E-state index contributed by atoms with van der Waals surface area (Å²) in [5.41, 5.74) is 2.56. The molecule has 0 amide bonds. The number of para-hydroxylation sites is 2. The summed E-state index contributed by atoms with van der Waals surface area (Å²) in [5.74, 6) is 4.27. The van der Waals surface area contributed by atoms with Gasteiger partial charge in [-0.2, -0.15) is 0 Å². The highest BCUT2D eigenvalue weighted by molar-refractivity contribution is 5.89. The van der Waals surface area contributed by atoms with E-state index in [1.54, 1.807) is 0 Å². The summed E-state index contributed by atoms with van der Waals surface area (Å²) in [6.07, 6.45) is 1.12. The number of hydrazine groups is 1. The molecule has 0 saturated carbocycles. The highest BCUT2D eigenvalue weighted by Crippen LogP contribution is 2.30. The number of ether oxygens (including phenoxy) is 2. The summed E-state index contributed by atoms with van der Waals surface area (Å²) >= 11 is 0. The van der Waals surface area contributed by atoms with Crippen molar-refractivity contribution in [1.29, 1.82) is 0 Å². The fourth-order valence-corrected chi connectivity index (χ4v) is 1.44. The molecule has 0 radical (unpaired) electrons. The zero-order valence-corrected chi connectivity index (χ0v) is 11.1. The molecule has 21 heavy (non-hydrogen) atoms. The van der Waals surface area contributed by atoms with Crippen molar-refractivity contribution < 1.29 is 29.3 Å². The molecule has 114 valence electrons. The van der Waals surface area contributed by atoms with Crippen molar-refractivity contribution in [3.05, 3.63) is 36.4 Å². The van der Waals surface area contributed by atoms with Crippen LogP contribution in [0.25, 0.3) is 0 Å². The van der Waals surface area contributed by atoms with E-state index in [9.17, 15) is 9.59 Å². The van der Waals surface area contributed by atoms with E-state index < -0.39 is 11.9 Å². The van der Waals surface area contributed by atoms with Crippen LogP contribution < -0.4 is 20.7 Å². The van der Waals surface area contributed by atoms with Crippen LogP contribution in [0.2, 0.25) is 0 Å². The van der Waals surface area contributed by atoms with Gasteiger partial charge < -0.3 is 19.7 Å². The number of hydrogen-bond donors (Lipinski definition) is 4. The highest BCUT2D eigenvalue weighted by atomic mass is 16.6. The van der Waals surface area contributed by atoms with Gasteiger partial charge in [0.05, 0.1) is 6.54 Å². The van der Waals surface area contributed by atoms with Crippen molar-refractivity contribution in [3.8, 4) is 11.5 Å². The Morgan fingerprint density at radius 1 is 1.24 bits per heavy atom. The summed E-state index contributed by atoms with van der Waals surface area (Å²) in [6, 6.07) is 7.61. The summed E-state index contributed by atoms with van der Waals surface area (Å²) in [5, 5.41) is 15.6. The summed E-state index contributed by atoms with van der Waals surface area (Å²) in [7, 11) is 0. The maximum absolute atomic E-state index is 9.55. The Bertz CT molecular complexity index is 501. The molecule has 0 spiro atoms. The molecule has 8 heteroatoms. The van der Waals surface area contributed by atoms with Gasteiger partial charge in [0.15, 0.2) is 11.5 Å². The van der Waals surface area contributed by atoms with E-state index in [0.717, 1.165) is 11.5 Å². The topological polar surface area (TPSA) is 131 Å². The first-order chi connectivity index (χ1) is 10.0. The van der Waals surface area contributed by atoms with Crippen LogP contribution in [0.5, 0.6) is 11.5 Å². The fraction of sp³-hybridized carbons (Fsp3) is 0.231. The normalized spacial score (nSPS) is 16.0. The third-order valence-electron chi connectivity index (χ3n) is 2.28. The average Bonchev–Trinajstić information content (AvgIpc) is 2.46. The molecule has 1 aromatic carbocycles. The van der Waals surface area contributed by atoms with Gasteiger partial charge in [-0.3, -0.25) is 11.3 Å². The molecule has 1 heterocycles. The van der Waals surface area contributed by atoms with E-state index in [1.807, 2.05) is 24.3 Å². The van der Waals surface area contributed by atoms with Gasteiger partial charge in [-0.15, -0.1) is 0 Å². The van der Waals surface area contributed by atoms with E-state index in [0.29, 0.717) is 25.3 Å². The van der Waals surface area contributed by atoms with Crippen LogP contribution in [0.1, 0.15) is 0 Å². The molecule has 1 atom stereocenters. The number of hydrogen-bond acceptors (Lipinski definition) is 6. The van der Waals surface area contributed by atoms with Crippen molar-refractivity contribution in [1.82, 2.24) is 5.43 Å². The number of aliphatic carboxylic acids is 2. The van der Waals surface area contributed by atoms with Crippen LogP contribution >= 0.6 is 0 Å². The number of rotatable bonds is 4. The Morgan fingerprint density at radius 2 is 1.81 bits per heavy atom. The number of carboxylic acids is 2. The number of nitrogens with two attached hydrogens (primary N) is 1. The van der Waals surface area contributed by atoms with Gasteiger partial charge in [-0.05, 0) is 12.1 Å². The molecule has 1 aromatic rings. The molecule has 8 nitrogen and oxygen atoms in total. The number of nitrogens with one attached hydrogen (secondary N) is 1. The number of fused-ring (bicyclic) bond motifs is 1. The quantitative estimate of drug-likeness (QED) is 0.347. The largest absolute Gasteiger partial charge is 0.486 e. The number of carbonyl (C=O) groups is 2. The van der Waals surface area contributed by atoms with E-state index >= 15 is 0 Å². The minimum absolute atomic E-state index is 0.0000926. The maximum atomic E-state index is 9.55. The van der Waals surface area contributed by atoms with Gasteiger partial charge in [0.25, 0.3) is 0 Å². The van der Waals surface area contributed by atoms with Crippen molar-refractivity contribution in [2.24, 2.45) is 5.84 Å². The van der Waals surface area contributed by atoms with Gasteiger partial charge in [0.2, 0.25) is 0 Å². The predicted octanol–water partition coefficient (Wildman–Crippen LogP) is 0.00150. The second-order valence-corrected chi connectivity index (χ2v) is 3.92. The molecule has 1 aliphatic heterocycles. The third-order valence-corrected chi connectivity index (χ3v) is 2.28. The monoisotopic (exact) mass is 296 g/mol. The van der Waals surface area contributed by atoms with Crippen LogP contribution in [0.4, 0.5) is 0 Å². The maximum Gasteiger partial charge on any atom is 0.328 e. The third kappa shape index (κ3) is 6.41. The molecule has 2 rings (SSSR count). The lowest BCUT2D eigenvalue weighted by Gasteiger charge is -2.25. The zero-order valence-electron chi connectivity index (χ0n) is 11.1. The van der Waals surface area contributed by atoms with E-state index in [1.165, 1.54) is 0 Å². The zero-order chi connectivity index (χ0) is 15.7. The highest BCUT2D eigenvalue weighted by Gasteiger charge is 2.19. The first kappa shape index (κ1) is 16.5. The van der Waals surface area contributed by atoms with Crippen molar-refractivity contribution in [3.63, 3.8) is 0 Å². The second-order valence-electron chi connectivity index (χ2n) is 3.92. The van der Waals surface area contributed by atoms with Crippen LogP contribution in [-0.4, -0.2) is 41.4 Å². The van der Waals surface area contributed by atoms with Crippen molar-refractivity contribution in [2.45, 2.75) is 6.10 Å². The van der Waals surface area contributed by atoms with E-state index in [2.05, 4.69) is 5.43 Å². The van der Waals surface area contributed by atoms with Crippen LogP contribution in [-0.2, 0) is 9.59 Å². The minimum atomic E-state index is -1.26. The lowest BCUT2D eigenvalue weighted by molar-refractivity contribution is -0.134. The summed E-state index contributed by atoms with van der Waals surface area (Å²) in [4.78, 5) is 19.1. The molecule has 1 aliphatic rings. The Balaban J connectivity index is 0.000000240. The standard InChI is InChI=1S/C9H12N2O2.C4H4O4/c10-11-5-7-6-12-8-3-1-2-4-9(8)13-7;5-3(6)1-2-4(7)8/h1-4,7,11H,5-6,10H2;1-2H,(H,5,6)(H,7,8)/b;2-1+. The van der Waals surface area contributed by atoms with Crippen LogP contribution in [0.3, 0.4) is 0 Å². The first-order valence-corrected chi connectivity index (χ1v) is 5.98. The molecule has 0 fully saturated rings. The van der Waals surface area contributed by atoms with E-state index in [4.69, 9.17) is 25.5 Å². The Labute approximate surface area is 120 Å². The molecule has 0 aromatic heterocycles. The molecule has 0 saturated heterocycles. The lowest BCUT2D eigenvalue weighted by Crippen LogP contribution is -2.41.